The largest absolute Gasteiger partial charge is 0.353 e. The Hall–Kier alpha value is -2.31. The van der Waals surface area contributed by atoms with E-state index in [4.69, 9.17) is 12.2 Å². The van der Waals surface area contributed by atoms with Crippen molar-refractivity contribution >= 4 is 33.8 Å². The second-order valence-corrected chi connectivity index (χ2v) is 7.07. The van der Waals surface area contributed by atoms with Gasteiger partial charge in [-0.15, -0.1) is 11.3 Å². The van der Waals surface area contributed by atoms with E-state index >= 15 is 0 Å². The molecule has 4 nitrogen and oxygen atoms in total. The van der Waals surface area contributed by atoms with Gasteiger partial charge in [-0.3, -0.25) is 4.98 Å². The summed E-state index contributed by atoms with van der Waals surface area (Å²) in [6, 6.07) is 14.4. The van der Waals surface area contributed by atoms with Crippen LogP contribution in [-0.4, -0.2) is 15.1 Å². The summed E-state index contributed by atoms with van der Waals surface area (Å²) in [4.78, 5) is 8.71. The Morgan fingerprint density at radius 1 is 1.12 bits per heavy atom. The molecule has 2 aromatic heterocycles. The van der Waals surface area contributed by atoms with Crippen LogP contribution in [0.5, 0.6) is 0 Å². The highest BCUT2D eigenvalue weighted by Gasteiger charge is 2.44. The summed E-state index contributed by atoms with van der Waals surface area (Å²) in [6.07, 6.45) is 5.76. The predicted octanol–water partition coefficient (Wildman–Crippen LogP) is 4.18. The van der Waals surface area contributed by atoms with E-state index in [0.29, 0.717) is 5.11 Å². The smallest absolute Gasteiger partial charge is 0.189 e. The number of thiazole rings is 1. The summed E-state index contributed by atoms with van der Waals surface area (Å²) < 4.78 is 0. The van der Waals surface area contributed by atoms with Crippen LogP contribution in [0, 0.1) is 0 Å². The molecule has 0 amide bonds. The van der Waals surface area contributed by atoms with Crippen molar-refractivity contribution < 1.29 is 0 Å². The number of hydrogen-bond donors (Lipinski definition) is 2. The van der Waals surface area contributed by atoms with E-state index in [0.717, 1.165) is 29.2 Å². The maximum Gasteiger partial charge on any atom is 0.189 e. The van der Waals surface area contributed by atoms with Crippen LogP contribution in [0.3, 0.4) is 0 Å². The first-order valence-electron chi connectivity index (χ1n) is 7.76. The van der Waals surface area contributed by atoms with Gasteiger partial charge in [0.25, 0.3) is 0 Å². The van der Waals surface area contributed by atoms with E-state index in [1.807, 2.05) is 29.8 Å². The summed E-state index contributed by atoms with van der Waals surface area (Å²) in [5.74, 6) is 0. The number of nitrogens with one attached hydrogen (secondary N) is 2. The normalized spacial score (nSPS) is 14.8. The van der Waals surface area contributed by atoms with Gasteiger partial charge in [-0.2, -0.15) is 0 Å². The minimum atomic E-state index is -0.0191. The number of rotatable bonds is 4. The molecule has 1 saturated carbocycles. The van der Waals surface area contributed by atoms with Gasteiger partial charge in [-0.25, -0.2) is 4.98 Å². The monoisotopic (exact) mass is 352 g/mol. The molecular formula is C18H16N4S2. The molecule has 0 unspecified atom stereocenters. The molecule has 0 bridgehead atoms. The van der Waals surface area contributed by atoms with Crippen LogP contribution in [-0.2, 0) is 5.54 Å². The van der Waals surface area contributed by atoms with Crippen molar-refractivity contribution in [2.45, 2.75) is 18.4 Å². The molecule has 120 valence electrons. The quantitative estimate of drug-likeness (QED) is 0.690. The van der Waals surface area contributed by atoms with Crippen molar-refractivity contribution in [3.8, 4) is 11.3 Å². The number of aromatic nitrogens is 2. The van der Waals surface area contributed by atoms with Gasteiger partial charge in [-0.05, 0) is 42.8 Å². The third kappa shape index (κ3) is 3.16. The lowest BCUT2D eigenvalue weighted by Crippen LogP contribution is -2.37. The summed E-state index contributed by atoms with van der Waals surface area (Å²) in [7, 11) is 0. The third-order valence-electron chi connectivity index (χ3n) is 4.11. The second kappa shape index (κ2) is 6.30. The molecule has 6 heteroatoms. The van der Waals surface area contributed by atoms with Crippen LogP contribution in [0.25, 0.3) is 11.3 Å². The Labute approximate surface area is 150 Å². The molecule has 0 aliphatic heterocycles. The topological polar surface area (TPSA) is 49.8 Å². The van der Waals surface area contributed by atoms with Gasteiger partial charge in [0.15, 0.2) is 10.2 Å². The zero-order valence-corrected chi connectivity index (χ0v) is 14.5. The average molecular weight is 352 g/mol. The van der Waals surface area contributed by atoms with Gasteiger partial charge in [0.2, 0.25) is 0 Å². The van der Waals surface area contributed by atoms with Crippen LogP contribution < -0.4 is 10.6 Å². The van der Waals surface area contributed by atoms with Crippen molar-refractivity contribution in [2.75, 3.05) is 5.32 Å². The SMILES string of the molecule is S=C(Nc1nc(-c2cccnc2)cs1)NC1(c2ccccc2)CC1. The van der Waals surface area contributed by atoms with Crippen molar-refractivity contribution in [2.24, 2.45) is 0 Å². The van der Waals surface area contributed by atoms with E-state index in [1.54, 1.807) is 6.20 Å². The lowest BCUT2D eigenvalue weighted by Gasteiger charge is -2.19. The molecule has 0 spiro atoms. The molecule has 1 aliphatic rings. The molecule has 1 aromatic carbocycles. The summed E-state index contributed by atoms with van der Waals surface area (Å²) in [5, 5.41) is 10.1. The molecule has 1 aliphatic carbocycles. The van der Waals surface area contributed by atoms with Gasteiger partial charge < -0.3 is 10.6 Å². The molecule has 0 atom stereocenters. The van der Waals surface area contributed by atoms with Gasteiger partial charge in [0, 0.05) is 23.3 Å². The minimum absolute atomic E-state index is 0.0191. The first-order valence-corrected chi connectivity index (χ1v) is 9.05. The number of hydrogen-bond acceptors (Lipinski definition) is 4. The predicted molar refractivity (Wildman–Crippen MR) is 102 cm³/mol. The molecule has 24 heavy (non-hydrogen) atoms. The highest BCUT2D eigenvalue weighted by atomic mass is 32.1. The van der Waals surface area contributed by atoms with Gasteiger partial charge >= 0.3 is 0 Å². The van der Waals surface area contributed by atoms with Crippen molar-refractivity contribution in [3.63, 3.8) is 0 Å². The standard InChI is InChI=1S/C18H16N4S2/c23-16(22-18(8-9-18)14-6-2-1-3-7-14)21-17-20-15(12-24-17)13-5-4-10-19-11-13/h1-7,10-12H,8-9H2,(H2,20,21,22,23). The second-order valence-electron chi connectivity index (χ2n) is 5.81. The first kappa shape index (κ1) is 15.2. The number of pyridine rings is 1. The number of nitrogens with zero attached hydrogens (tertiary/aromatic N) is 2. The third-order valence-corrected chi connectivity index (χ3v) is 5.07. The molecule has 0 saturated heterocycles. The maximum atomic E-state index is 5.48. The highest BCUT2D eigenvalue weighted by Crippen LogP contribution is 2.45. The van der Waals surface area contributed by atoms with Gasteiger partial charge in [0.1, 0.15) is 0 Å². The number of benzene rings is 1. The van der Waals surface area contributed by atoms with Crippen LogP contribution in [0.1, 0.15) is 18.4 Å². The van der Waals surface area contributed by atoms with E-state index in [2.05, 4.69) is 44.9 Å². The lowest BCUT2D eigenvalue weighted by atomic mass is 10.1. The van der Waals surface area contributed by atoms with Crippen LogP contribution in [0.2, 0.25) is 0 Å². The fourth-order valence-corrected chi connectivity index (χ4v) is 3.77. The van der Waals surface area contributed by atoms with E-state index in [1.165, 1.54) is 16.9 Å². The zero-order chi connectivity index (χ0) is 16.4. The fraction of sp³-hybridized carbons (Fsp3) is 0.167. The average Bonchev–Trinajstić information content (AvgIpc) is 3.25. The summed E-state index contributed by atoms with van der Waals surface area (Å²) >= 11 is 7.02. The number of thiocarbonyl (C=S) groups is 1. The van der Waals surface area contributed by atoms with E-state index in [9.17, 15) is 0 Å². The zero-order valence-electron chi connectivity index (χ0n) is 12.9. The Morgan fingerprint density at radius 2 is 1.96 bits per heavy atom. The Balaban J connectivity index is 1.43. The molecule has 4 rings (SSSR count). The first-order chi connectivity index (χ1) is 11.8. The summed E-state index contributed by atoms with van der Waals surface area (Å²) in [5.41, 5.74) is 3.17. The highest BCUT2D eigenvalue weighted by molar-refractivity contribution is 7.80. The van der Waals surface area contributed by atoms with Crippen LogP contribution >= 0.6 is 23.6 Å². The Bertz CT molecular complexity index is 842. The van der Waals surface area contributed by atoms with Crippen molar-refractivity contribution in [1.82, 2.24) is 15.3 Å². The Kier molecular flexibility index (Phi) is 4.00. The van der Waals surface area contributed by atoms with Crippen molar-refractivity contribution in [1.29, 1.82) is 0 Å². The lowest BCUT2D eigenvalue weighted by molar-refractivity contribution is 0.649. The maximum absolute atomic E-state index is 5.48. The molecule has 3 aromatic rings. The minimum Gasteiger partial charge on any atom is -0.353 e. The molecule has 1 fully saturated rings. The van der Waals surface area contributed by atoms with Crippen LogP contribution in [0.4, 0.5) is 5.13 Å². The molecule has 2 N–H and O–H groups in total. The Morgan fingerprint density at radius 3 is 2.67 bits per heavy atom. The molecule has 2 heterocycles. The van der Waals surface area contributed by atoms with Gasteiger partial charge in [0.05, 0.1) is 11.2 Å². The molecular weight excluding hydrogens is 336 g/mol. The molecule has 0 radical (unpaired) electrons. The van der Waals surface area contributed by atoms with E-state index in [-0.39, 0.29) is 5.54 Å². The van der Waals surface area contributed by atoms with E-state index < -0.39 is 0 Å². The van der Waals surface area contributed by atoms with Gasteiger partial charge in [-0.1, -0.05) is 30.3 Å². The van der Waals surface area contributed by atoms with Crippen LogP contribution in [0.15, 0.2) is 60.2 Å². The fourth-order valence-electron chi connectivity index (χ4n) is 2.69. The summed E-state index contributed by atoms with van der Waals surface area (Å²) in [6.45, 7) is 0. The number of anilines is 1. The van der Waals surface area contributed by atoms with Crippen molar-refractivity contribution in [3.05, 3.63) is 65.8 Å².